The average Bonchev–Trinajstić information content (AvgIpc) is 2.84. The summed E-state index contributed by atoms with van der Waals surface area (Å²) in [6, 6.07) is 6.38. The minimum absolute atomic E-state index is 0.0331. The second-order valence-corrected chi connectivity index (χ2v) is 7.76. The monoisotopic (exact) mass is 375 g/mol. The van der Waals surface area contributed by atoms with Crippen molar-refractivity contribution in [2.24, 2.45) is 0 Å². The number of sulfonamides is 1. The van der Waals surface area contributed by atoms with Crippen molar-refractivity contribution in [3.8, 4) is 0 Å². The van der Waals surface area contributed by atoms with Crippen molar-refractivity contribution in [1.82, 2.24) is 0 Å². The van der Waals surface area contributed by atoms with Crippen LogP contribution in [0.25, 0.3) is 0 Å². The summed E-state index contributed by atoms with van der Waals surface area (Å²) in [5.74, 6) is -1.15. The van der Waals surface area contributed by atoms with Crippen LogP contribution >= 0.6 is 27.3 Å². The first kappa shape index (κ1) is 15.0. The first-order valence-corrected chi connectivity index (χ1v) is 8.56. The van der Waals surface area contributed by atoms with Crippen LogP contribution < -0.4 is 4.72 Å². The van der Waals surface area contributed by atoms with Crippen LogP contribution in [0, 0.1) is 6.92 Å². The standard InChI is InChI=1S/C12H10BrNO4S2/c1-7-2-3-9(13)5-10(7)14-20(17,18)11-4-8(6-19-11)12(15)16/h2-6,14H,1H3,(H,15,16). The Morgan fingerprint density at radius 3 is 2.65 bits per heavy atom. The highest BCUT2D eigenvalue weighted by Crippen LogP contribution is 2.26. The van der Waals surface area contributed by atoms with E-state index in [2.05, 4.69) is 20.7 Å². The van der Waals surface area contributed by atoms with Gasteiger partial charge in [-0.2, -0.15) is 0 Å². The molecule has 2 aromatic rings. The molecule has 0 aliphatic carbocycles. The predicted octanol–water partition coefficient (Wildman–Crippen LogP) is 3.32. The molecule has 0 saturated heterocycles. The molecule has 0 bridgehead atoms. The molecule has 2 N–H and O–H groups in total. The molecule has 0 spiro atoms. The van der Waals surface area contributed by atoms with E-state index >= 15 is 0 Å². The van der Waals surface area contributed by atoms with E-state index in [-0.39, 0.29) is 9.77 Å². The normalized spacial score (nSPS) is 11.3. The minimum Gasteiger partial charge on any atom is -0.478 e. The van der Waals surface area contributed by atoms with Gasteiger partial charge >= 0.3 is 5.97 Å². The third-order valence-corrected chi connectivity index (χ3v) is 5.83. The number of hydrogen-bond acceptors (Lipinski definition) is 4. The van der Waals surface area contributed by atoms with Gasteiger partial charge in [0.25, 0.3) is 10.0 Å². The second-order valence-electron chi connectivity index (χ2n) is 4.02. The van der Waals surface area contributed by atoms with Crippen LogP contribution in [0.15, 0.2) is 38.3 Å². The van der Waals surface area contributed by atoms with Gasteiger partial charge in [0.1, 0.15) is 4.21 Å². The summed E-state index contributed by atoms with van der Waals surface area (Å²) in [4.78, 5) is 10.8. The molecule has 0 atom stereocenters. The van der Waals surface area contributed by atoms with E-state index in [4.69, 9.17) is 5.11 Å². The van der Waals surface area contributed by atoms with Gasteiger partial charge in [0.05, 0.1) is 11.3 Å². The van der Waals surface area contributed by atoms with Crippen molar-refractivity contribution >= 4 is 48.9 Å². The zero-order valence-corrected chi connectivity index (χ0v) is 13.5. The van der Waals surface area contributed by atoms with E-state index in [1.165, 1.54) is 5.38 Å². The summed E-state index contributed by atoms with van der Waals surface area (Å²) < 4.78 is 27.6. The molecule has 0 unspecified atom stereocenters. The Balaban J connectivity index is 2.35. The lowest BCUT2D eigenvalue weighted by Crippen LogP contribution is -2.12. The number of aryl methyl sites for hydroxylation is 1. The van der Waals surface area contributed by atoms with Crippen LogP contribution in [-0.2, 0) is 10.0 Å². The van der Waals surface area contributed by atoms with Gasteiger partial charge in [0, 0.05) is 9.85 Å². The molecular formula is C12H10BrNO4S2. The van der Waals surface area contributed by atoms with Crippen molar-refractivity contribution in [3.63, 3.8) is 0 Å². The van der Waals surface area contributed by atoms with Gasteiger partial charge in [-0.25, -0.2) is 13.2 Å². The Morgan fingerprint density at radius 1 is 1.35 bits per heavy atom. The Labute approximate surface area is 128 Å². The number of halogens is 1. The molecule has 1 aromatic carbocycles. The maximum absolute atomic E-state index is 12.2. The Morgan fingerprint density at radius 2 is 2.05 bits per heavy atom. The number of carboxylic acid groups (broad SMARTS) is 1. The van der Waals surface area contributed by atoms with E-state index in [9.17, 15) is 13.2 Å². The van der Waals surface area contributed by atoms with E-state index < -0.39 is 16.0 Å². The highest BCUT2D eigenvalue weighted by molar-refractivity contribution is 9.10. The summed E-state index contributed by atoms with van der Waals surface area (Å²) >= 11 is 4.14. The fourth-order valence-corrected chi connectivity index (χ4v) is 4.11. The molecule has 5 nitrogen and oxygen atoms in total. The van der Waals surface area contributed by atoms with Crippen LogP contribution in [0.5, 0.6) is 0 Å². The molecule has 8 heteroatoms. The Kier molecular flexibility index (Phi) is 4.17. The Bertz CT molecular complexity index is 768. The van der Waals surface area contributed by atoms with E-state index in [0.29, 0.717) is 5.69 Å². The molecule has 0 saturated carbocycles. The third-order valence-electron chi connectivity index (χ3n) is 2.53. The van der Waals surface area contributed by atoms with E-state index in [1.54, 1.807) is 25.1 Å². The second kappa shape index (κ2) is 5.55. The fourth-order valence-electron chi connectivity index (χ4n) is 1.47. The molecule has 0 aliphatic heterocycles. The number of carbonyl (C=O) groups is 1. The largest absolute Gasteiger partial charge is 0.478 e. The maximum atomic E-state index is 12.2. The number of carboxylic acids is 1. The average molecular weight is 376 g/mol. The maximum Gasteiger partial charge on any atom is 0.336 e. The van der Waals surface area contributed by atoms with E-state index in [1.807, 2.05) is 0 Å². The number of nitrogens with one attached hydrogen (secondary N) is 1. The number of benzene rings is 1. The molecule has 106 valence electrons. The van der Waals surface area contributed by atoms with Crippen LogP contribution in [0.1, 0.15) is 15.9 Å². The lowest BCUT2D eigenvalue weighted by molar-refractivity contribution is 0.0697. The summed E-state index contributed by atoms with van der Waals surface area (Å²) in [6.07, 6.45) is 0. The third kappa shape index (κ3) is 3.20. The highest BCUT2D eigenvalue weighted by atomic mass is 79.9. The van der Waals surface area contributed by atoms with Crippen LogP contribution in [0.3, 0.4) is 0 Å². The van der Waals surface area contributed by atoms with Crippen molar-refractivity contribution in [2.75, 3.05) is 4.72 Å². The Hall–Kier alpha value is -1.38. The first-order valence-electron chi connectivity index (χ1n) is 5.40. The smallest absolute Gasteiger partial charge is 0.336 e. The molecular weight excluding hydrogens is 366 g/mol. The highest BCUT2D eigenvalue weighted by Gasteiger charge is 2.19. The predicted molar refractivity (Wildman–Crippen MR) is 81.0 cm³/mol. The van der Waals surface area contributed by atoms with Gasteiger partial charge in [0.2, 0.25) is 0 Å². The molecule has 0 amide bonds. The van der Waals surface area contributed by atoms with Gasteiger partial charge in [-0.3, -0.25) is 4.72 Å². The van der Waals surface area contributed by atoms with Crippen molar-refractivity contribution < 1.29 is 18.3 Å². The van der Waals surface area contributed by atoms with Gasteiger partial charge in [-0.1, -0.05) is 22.0 Å². The molecule has 20 heavy (non-hydrogen) atoms. The van der Waals surface area contributed by atoms with Crippen molar-refractivity contribution in [1.29, 1.82) is 0 Å². The van der Waals surface area contributed by atoms with Crippen molar-refractivity contribution in [3.05, 3.63) is 45.2 Å². The summed E-state index contributed by atoms with van der Waals surface area (Å²) in [5.41, 5.74) is 1.18. The molecule has 1 aromatic heterocycles. The molecule has 0 fully saturated rings. The fraction of sp³-hybridized carbons (Fsp3) is 0.0833. The van der Waals surface area contributed by atoms with Crippen molar-refractivity contribution in [2.45, 2.75) is 11.1 Å². The molecule has 0 aliphatic rings. The van der Waals surface area contributed by atoms with Gasteiger partial charge in [0.15, 0.2) is 0 Å². The summed E-state index contributed by atoms with van der Waals surface area (Å²) in [7, 11) is -3.78. The van der Waals surface area contributed by atoms with Crippen LogP contribution in [-0.4, -0.2) is 19.5 Å². The summed E-state index contributed by atoms with van der Waals surface area (Å²) in [6.45, 7) is 1.78. The lowest BCUT2D eigenvalue weighted by Gasteiger charge is -2.09. The number of thiophene rings is 1. The minimum atomic E-state index is -3.78. The van der Waals surface area contributed by atoms with Gasteiger partial charge in [-0.15, -0.1) is 11.3 Å². The molecule has 2 rings (SSSR count). The first-order chi connectivity index (χ1) is 9.29. The number of rotatable bonds is 4. The number of aromatic carboxylic acids is 1. The summed E-state index contributed by atoms with van der Waals surface area (Å²) in [5, 5.41) is 10.1. The zero-order valence-electron chi connectivity index (χ0n) is 10.3. The molecule has 1 heterocycles. The van der Waals surface area contributed by atoms with Crippen LogP contribution in [0.2, 0.25) is 0 Å². The van der Waals surface area contributed by atoms with E-state index in [0.717, 1.165) is 27.4 Å². The lowest BCUT2D eigenvalue weighted by atomic mass is 10.2. The zero-order chi connectivity index (χ0) is 14.9. The topological polar surface area (TPSA) is 83.5 Å². The number of anilines is 1. The SMILES string of the molecule is Cc1ccc(Br)cc1NS(=O)(=O)c1cc(C(=O)O)cs1. The van der Waals surface area contributed by atoms with Gasteiger partial charge in [-0.05, 0) is 30.7 Å². The van der Waals surface area contributed by atoms with Crippen LogP contribution in [0.4, 0.5) is 5.69 Å². The quantitative estimate of drug-likeness (QED) is 0.858. The van der Waals surface area contributed by atoms with Gasteiger partial charge < -0.3 is 5.11 Å². The number of hydrogen-bond donors (Lipinski definition) is 2. The molecule has 0 radical (unpaired) electrons.